The third kappa shape index (κ3) is 7.73. The SMILES string of the molecule is CC(C)(C)CS(=O)(=O)NCC(=O)O. The van der Waals surface area contributed by atoms with Gasteiger partial charge in [-0.05, 0) is 5.41 Å². The Morgan fingerprint density at radius 3 is 2.15 bits per heavy atom. The van der Waals surface area contributed by atoms with E-state index in [9.17, 15) is 13.2 Å². The van der Waals surface area contributed by atoms with Crippen molar-refractivity contribution in [2.75, 3.05) is 12.3 Å². The zero-order chi connectivity index (χ0) is 10.7. The van der Waals surface area contributed by atoms with Crippen molar-refractivity contribution in [3.8, 4) is 0 Å². The van der Waals surface area contributed by atoms with Gasteiger partial charge in [0.2, 0.25) is 10.0 Å². The molecule has 0 saturated carbocycles. The minimum atomic E-state index is -3.47. The van der Waals surface area contributed by atoms with E-state index in [2.05, 4.69) is 0 Å². The van der Waals surface area contributed by atoms with E-state index in [4.69, 9.17) is 5.11 Å². The molecule has 0 fully saturated rings. The average Bonchev–Trinajstić information content (AvgIpc) is 1.78. The Bertz CT molecular complexity index is 275. The predicted octanol–water partition coefficient (Wildman–Crippen LogP) is 0.0365. The van der Waals surface area contributed by atoms with Crippen LogP contribution in [0, 0.1) is 5.41 Å². The second-order valence-corrected chi connectivity index (χ2v) is 5.84. The van der Waals surface area contributed by atoms with Crippen molar-refractivity contribution in [1.29, 1.82) is 0 Å². The number of nitrogens with one attached hydrogen (secondary N) is 1. The summed E-state index contributed by atoms with van der Waals surface area (Å²) in [7, 11) is -3.47. The van der Waals surface area contributed by atoms with Crippen molar-refractivity contribution < 1.29 is 18.3 Å². The van der Waals surface area contributed by atoms with E-state index in [0.717, 1.165) is 0 Å². The molecule has 0 rings (SSSR count). The van der Waals surface area contributed by atoms with Gasteiger partial charge in [-0.1, -0.05) is 20.8 Å². The predicted molar refractivity (Wildman–Crippen MR) is 48.9 cm³/mol. The molecular formula is C7H15NO4S. The second kappa shape index (κ2) is 4.06. The third-order valence-corrected chi connectivity index (χ3v) is 2.90. The number of hydrogen-bond acceptors (Lipinski definition) is 3. The summed E-state index contributed by atoms with van der Waals surface area (Å²) >= 11 is 0. The molecule has 2 N–H and O–H groups in total. The van der Waals surface area contributed by atoms with Gasteiger partial charge in [0.1, 0.15) is 6.54 Å². The monoisotopic (exact) mass is 209 g/mol. The van der Waals surface area contributed by atoms with Crippen LogP contribution in [0.1, 0.15) is 20.8 Å². The number of rotatable bonds is 4. The van der Waals surface area contributed by atoms with E-state index in [-0.39, 0.29) is 11.2 Å². The molecule has 0 atom stereocenters. The first-order chi connectivity index (χ1) is 5.62. The van der Waals surface area contributed by atoms with Gasteiger partial charge in [0.25, 0.3) is 0 Å². The summed E-state index contributed by atoms with van der Waals surface area (Å²) in [6, 6.07) is 0. The Morgan fingerprint density at radius 1 is 1.38 bits per heavy atom. The maximum absolute atomic E-state index is 11.2. The van der Waals surface area contributed by atoms with Crippen LogP contribution in [-0.2, 0) is 14.8 Å². The fourth-order valence-corrected chi connectivity index (χ4v) is 2.38. The number of hydrogen-bond donors (Lipinski definition) is 2. The van der Waals surface area contributed by atoms with Crippen molar-refractivity contribution in [3.05, 3.63) is 0 Å². The van der Waals surface area contributed by atoms with Gasteiger partial charge in [-0.3, -0.25) is 4.79 Å². The van der Waals surface area contributed by atoms with Crippen LogP contribution in [0.15, 0.2) is 0 Å². The van der Waals surface area contributed by atoms with Gasteiger partial charge in [0, 0.05) is 0 Å². The summed E-state index contributed by atoms with van der Waals surface area (Å²) in [5.74, 6) is -1.26. The first kappa shape index (κ1) is 12.4. The average molecular weight is 209 g/mol. The lowest BCUT2D eigenvalue weighted by Crippen LogP contribution is -2.35. The third-order valence-electron chi connectivity index (χ3n) is 1.07. The van der Waals surface area contributed by atoms with Gasteiger partial charge in [0.05, 0.1) is 5.75 Å². The second-order valence-electron chi connectivity index (χ2n) is 4.03. The van der Waals surface area contributed by atoms with Crippen molar-refractivity contribution >= 4 is 16.0 Å². The largest absolute Gasteiger partial charge is 0.480 e. The fraction of sp³-hybridized carbons (Fsp3) is 0.857. The molecular weight excluding hydrogens is 194 g/mol. The molecule has 0 unspecified atom stereocenters. The lowest BCUT2D eigenvalue weighted by Gasteiger charge is -2.17. The van der Waals surface area contributed by atoms with E-state index in [1.807, 2.05) is 4.72 Å². The molecule has 6 heteroatoms. The number of carboxylic acids is 1. The Balaban J connectivity index is 4.19. The Labute approximate surface area is 78.2 Å². The molecule has 0 aromatic heterocycles. The number of aliphatic carboxylic acids is 1. The summed E-state index contributed by atoms with van der Waals surface area (Å²) in [5, 5.41) is 8.25. The molecule has 0 amide bonds. The number of carboxylic acid groups (broad SMARTS) is 1. The normalized spacial score (nSPS) is 12.8. The van der Waals surface area contributed by atoms with Crippen LogP contribution in [-0.4, -0.2) is 31.8 Å². The van der Waals surface area contributed by atoms with E-state index >= 15 is 0 Å². The molecule has 0 heterocycles. The lowest BCUT2D eigenvalue weighted by molar-refractivity contribution is -0.135. The van der Waals surface area contributed by atoms with Crippen LogP contribution >= 0.6 is 0 Å². The summed E-state index contributed by atoms with van der Waals surface area (Å²) < 4.78 is 24.3. The van der Waals surface area contributed by atoms with Gasteiger partial charge in [-0.15, -0.1) is 0 Å². The van der Waals surface area contributed by atoms with Gasteiger partial charge in [-0.25, -0.2) is 13.1 Å². The lowest BCUT2D eigenvalue weighted by atomic mass is 10.0. The van der Waals surface area contributed by atoms with Gasteiger partial charge in [0.15, 0.2) is 0 Å². The highest BCUT2D eigenvalue weighted by Crippen LogP contribution is 2.14. The van der Waals surface area contributed by atoms with E-state index < -0.39 is 22.5 Å². The molecule has 5 nitrogen and oxygen atoms in total. The molecule has 0 aliphatic rings. The number of carbonyl (C=O) groups is 1. The first-order valence-corrected chi connectivity index (χ1v) is 5.47. The van der Waals surface area contributed by atoms with E-state index in [1.165, 1.54) is 0 Å². The maximum atomic E-state index is 11.2. The van der Waals surface area contributed by atoms with Crippen LogP contribution in [0.3, 0.4) is 0 Å². The van der Waals surface area contributed by atoms with E-state index in [1.54, 1.807) is 20.8 Å². The minimum absolute atomic E-state index is 0.0761. The molecule has 0 radical (unpaired) electrons. The summed E-state index contributed by atoms with van der Waals surface area (Å²) in [6.07, 6.45) is 0. The molecule has 0 aliphatic carbocycles. The van der Waals surface area contributed by atoms with Crippen LogP contribution in [0.2, 0.25) is 0 Å². The molecule has 0 spiro atoms. The van der Waals surface area contributed by atoms with Crippen LogP contribution in [0.5, 0.6) is 0 Å². The molecule has 78 valence electrons. The molecule has 0 aliphatic heterocycles. The zero-order valence-electron chi connectivity index (χ0n) is 7.99. The summed E-state index contributed by atoms with van der Waals surface area (Å²) in [6.45, 7) is 4.76. The summed E-state index contributed by atoms with van der Waals surface area (Å²) in [4.78, 5) is 10.1. The highest BCUT2D eigenvalue weighted by Gasteiger charge is 2.21. The van der Waals surface area contributed by atoms with Gasteiger partial charge < -0.3 is 5.11 Å². The molecule has 0 bridgehead atoms. The Morgan fingerprint density at radius 2 is 1.85 bits per heavy atom. The zero-order valence-corrected chi connectivity index (χ0v) is 8.81. The Kier molecular flexibility index (Phi) is 3.87. The van der Waals surface area contributed by atoms with Crippen molar-refractivity contribution in [2.45, 2.75) is 20.8 Å². The summed E-state index contributed by atoms with van der Waals surface area (Å²) in [5.41, 5.74) is -0.371. The van der Waals surface area contributed by atoms with E-state index in [0.29, 0.717) is 0 Å². The Hall–Kier alpha value is -0.620. The molecule has 0 saturated heterocycles. The van der Waals surface area contributed by atoms with Gasteiger partial charge >= 0.3 is 5.97 Å². The van der Waals surface area contributed by atoms with Crippen molar-refractivity contribution in [3.63, 3.8) is 0 Å². The first-order valence-electron chi connectivity index (χ1n) is 3.81. The minimum Gasteiger partial charge on any atom is -0.480 e. The van der Waals surface area contributed by atoms with Crippen LogP contribution < -0.4 is 4.72 Å². The molecule has 0 aromatic rings. The molecule has 0 aromatic carbocycles. The van der Waals surface area contributed by atoms with Crippen LogP contribution in [0.25, 0.3) is 0 Å². The smallest absolute Gasteiger partial charge is 0.318 e. The molecule has 13 heavy (non-hydrogen) atoms. The highest BCUT2D eigenvalue weighted by molar-refractivity contribution is 7.89. The van der Waals surface area contributed by atoms with Crippen LogP contribution in [0.4, 0.5) is 0 Å². The number of sulfonamides is 1. The fourth-order valence-electron chi connectivity index (χ4n) is 0.793. The topological polar surface area (TPSA) is 83.5 Å². The van der Waals surface area contributed by atoms with Crippen molar-refractivity contribution in [2.24, 2.45) is 5.41 Å². The quantitative estimate of drug-likeness (QED) is 0.684. The standard InChI is InChI=1S/C7H15NO4S/c1-7(2,3)5-13(11,12)8-4-6(9)10/h8H,4-5H2,1-3H3,(H,9,10). The van der Waals surface area contributed by atoms with Crippen molar-refractivity contribution in [1.82, 2.24) is 4.72 Å². The van der Waals surface area contributed by atoms with Gasteiger partial charge in [-0.2, -0.15) is 0 Å². The maximum Gasteiger partial charge on any atom is 0.318 e. The highest BCUT2D eigenvalue weighted by atomic mass is 32.2.